The molecule has 5 nitrogen and oxygen atoms in total. The summed E-state index contributed by atoms with van der Waals surface area (Å²) in [7, 11) is 5.51. The van der Waals surface area contributed by atoms with Crippen molar-refractivity contribution in [2.24, 2.45) is 13.0 Å². The Morgan fingerprint density at radius 3 is 2.96 bits per heavy atom. The zero-order chi connectivity index (χ0) is 17.3. The highest BCUT2D eigenvalue weighted by molar-refractivity contribution is 7.99. The molecular weight excluding hydrogens is 340 g/mol. The number of thiophene rings is 1. The molecule has 130 valence electrons. The summed E-state index contributed by atoms with van der Waals surface area (Å²) in [4.78, 5) is 16.0. The molecule has 0 radical (unpaired) electrons. The summed E-state index contributed by atoms with van der Waals surface area (Å²) < 4.78 is 2.00. The van der Waals surface area contributed by atoms with Gasteiger partial charge in [-0.2, -0.15) is 0 Å². The van der Waals surface area contributed by atoms with Crippen molar-refractivity contribution in [3.8, 4) is 10.7 Å². The Labute approximate surface area is 151 Å². The molecule has 0 fully saturated rings. The predicted molar refractivity (Wildman–Crippen MR) is 99.5 cm³/mol. The molecule has 1 amide bonds. The van der Waals surface area contributed by atoms with E-state index in [1.54, 1.807) is 19.0 Å². The molecule has 1 atom stereocenters. The third-order valence-corrected chi connectivity index (χ3v) is 6.88. The van der Waals surface area contributed by atoms with Gasteiger partial charge in [-0.3, -0.25) is 4.79 Å². The van der Waals surface area contributed by atoms with Crippen LogP contribution < -0.4 is 0 Å². The van der Waals surface area contributed by atoms with Gasteiger partial charge in [-0.15, -0.1) is 21.5 Å². The molecule has 0 saturated carbocycles. The second kappa shape index (κ2) is 7.27. The number of hydrogen-bond acceptors (Lipinski definition) is 5. The molecule has 24 heavy (non-hydrogen) atoms. The highest BCUT2D eigenvalue weighted by Gasteiger charge is 2.22. The lowest BCUT2D eigenvalue weighted by atomic mass is 9.87. The normalized spacial score (nSPS) is 16.9. The first-order valence-corrected chi connectivity index (χ1v) is 10.1. The van der Waals surface area contributed by atoms with Crippen molar-refractivity contribution in [1.82, 2.24) is 19.7 Å². The lowest BCUT2D eigenvalue weighted by molar-refractivity contribution is -0.125. The van der Waals surface area contributed by atoms with E-state index >= 15 is 0 Å². The maximum Gasteiger partial charge on any atom is 0.232 e. The second-order valence-corrected chi connectivity index (χ2v) is 8.60. The van der Waals surface area contributed by atoms with Gasteiger partial charge in [0, 0.05) is 26.0 Å². The summed E-state index contributed by atoms with van der Waals surface area (Å²) in [5.74, 6) is 2.20. The van der Waals surface area contributed by atoms with Crippen LogP contribution in [0.2, 0.25) is 0 Å². The van der Waals surface area contributed by atoms with E-state index in [4.69, 9.17) is 0 Å². The highest BCUT2D eigenvalue weighted by atomic mass is 32.2. The minimum atomic E-state index is 0.0849. The smallest absolute Gasteiger partial charge is 0.232 e. The van der Waals surface area contributed by atoms with E-state index in [-0.39, 0.29) is 5.91 Å². The average Bonchev–Trinajstić information content (AvgIpc) is 3.14. The van der Waals surface area contributed by atoms with Crippen molar-refractivity contribution in [2.45, 2.75) is 37.8 Å². The fourth-order valence-electron chi connectivity index (χ4n) is 2.97. The number of aryl methyl sites for hydroxylation is 1. The van der Waals surface area contributed by atoms with Gasteiger partial charge < -0.3 is 9.47 Å². The molecule has 1 unspecified atom stereocenters. The Balaban J connectivity index is 1.77. The number of carbonyl (C=O) groups is 1. The van der Waals surface area contributed by atoms with Crippen molar-refractivity contribution in [1.29, 1.82) is 0 Å². The molecule has 0 aliphatic heterocycles. The van der Waals surface area contributed by atoms with Crippen molar-refractivity contribution >= 4 is 29.0 Å². The number of nitrogens with zero attached hydrogens (tertiary/aromatic N) is 4. The molecule has 2 aromatic rings. The zero-order valence-electron chi connectivity index (χ0n) is 14.7. The van der Waals surface area contributed by atoms with Gasteiger partial charge in [0.25, 0.3) is 0 Å². The maximum atomic E-state index is 11.7. The Morgan fingerprint density at radius 2 is 2.25 bits per heavy atom. The quantitative estimate of drug-likeness (QED) is 0.764. The van der Waals surface area contributed by atoms with Crippen LogP contribution in [-0.4, -0.2) is 45.4 Å². The number of fused-ring (bicyclic) bond motifs is 1. The fraction of sp³-hybridized carbons (Fsp3) is 0.588. The van der Waals surface area contributed by atoms with Crippen molar-refractivity contribution in [2.75, 3.05) is 19.8 Å². The fourth-order valence-corrected chi connectivity index (χ4v) is 5.09. The zero-order valence-corrected chi connectivity index (χ0v) is 16.3. The topological polar surface area (TPSA) is 51.0 Å². The van der Waals surface area contributed by atoms with Gasteiger partial charge in [-0.25, -0.2) is 0 Å². The Bertz CT molecular complexity index is 735. The summed E-state index contributed by atoms with van der Waals surface area (Å²) in [5, 5.41) is 9.43. The van der Waals surface area contributed by atoms with E-state index < -0.39 is 0 Å². The number of aromatic nitrogens is 3. The first kappa shape index (κ1) is 17.5. The first-order valence-electron chi connectivity index (χ1n) is 8.33. The number of rotatable bonds is 5. The molecule has 0 spiro atoms. The van der Waals surface area contributed by atoms with E-state index in [0.29, 0.717) is 5.75 Å². The van der Waals surface area contributed by atoms with Crippen molar-refractivity contribution in [3.63, 3.8) is 0 Å². The first-order chi connectivity index (χ1) is 11.5. The third-order valence-electron chi connectivity index (χ3n) is 4.64. The molecule has 1 aliphatic carbocycles. The van der Waals surface area contributed by atoms with Crippen LogP contribution in [0.3, 0.4) is 0 Å². The van der Waals surface area contributed by atoms with Crippen LogP contribution in [0.1, 0.15) is 30.2 Å². The minimum Gasteiger partial charge on any atom is -0.348 e. The predicted octanol–water partition coefficient (Wildman–Crippen LogP) is 3.24. The summed E-state index contributed by atoms with van der Waals surface area (Å²) in [6.07, 6.45) is 4.94. The van der Waals surface area contributed by atoms with E-state index in [0.717, 1.165) is 16.9 Å². The molecule has 0 N–H and O–H groups in total. The molecule has 1 aliphatic rings. The van der Waals surface area contributed by atoms with Crippen molar-refractivity contribution in [3.05, 3.63) is 16.5 Å². The number of amides is 1. The van der Waals surface area contributed by atoms with E-state index in [2.05, 4.69) is 23.2 Å². The van der Waals surface area contributed by atoms with Crippen LogP contribution in [0.5, 0.6) is 0 Å². The van der Waals surface area contributed by atoms with Gasteiger partial charge in [-0.05, 0) is 36.8 Å². The van der Waals surface area contributed by atoms with E-state index in [9.17, 15) is 4.79 Å². The molecule has 2 aromatic heterocycles. The highest BCUT2D eigenvalue weighted by Crippen LogP contribution is 2.37. The van der Waals surface area contributed by atoms with Gasteiger partial charge in [-0.1, -0.05) is 25.1 Å². The van der Waals surface area contributed by atoms with Crippen LogP contribution in [0.15, 0.2) is 11.2 Å². The molecule has 0 saturated heterocycles. The second-order valence-electron chi connectivity index (χ2n) is 6.52. The summed E-state index contributed by atoms with van der Waals surface area (Å²) >= 11 is 3.29. The van der Waals surface area contributed by atoms with Gasteiger partial charge in [0.15, 0.2) is 11.0 Å². The average molecular weight is 365 g/mol. The lowest BCUT2D eigenvalue weighted by Gasteiger charge is -2.19. The Morgan fingerprint density at radius 1 is 1.46 bits per heavy atom. The van der Waals surface area contributed by atoms with Gasteiger partial charge in [0.05, 0.1) is 10.6 Å². The lowest BCUT2D eigenvalue weighted by Crippen LogP contribution is -2.23. The monoisotopic (exact) mass is 364 g/mol. The molecule has 7 heteroatoms. The summed E-state index contributed by atoms with van der Waals surface area (Å²) in [5.41, 5.74) is 1.49. The van der Waals surface area contributed by atoms with E-state index in [1.807, 2.05) is 23.0 Å². The molecule has 0 bridgehead atoms. The van der Waals surface area contributed by atoms with Crippen LogP contribution >= 0.6 is 23.1 Å². The minimum absolute atomic E-state index is 0.0849. The van der Waals surface area contributed by atoms with Crippen LogP contribution in [-0.2, 0) is 24.7 Å². The maximum absolute atomic E-state index is 11.7. The van der Waals surface area contributed by atoms with Gasteiger partial charge in [0.1, 0.15) is 0 Å². The number of hydrogen-bond donors (Lipinski definition) is 0. The largest absolute Gasteiger partial charge is 0.348 e. The number of carbonyl (C=O) groups excluding carboxylic acids is 1. The third kappa shape index (κ3) is 3.52. The van der Waals surface area contributed by atoms with Gasteiger partial charge >= 0.3 is 0 Å². The molecular formula is C17H24N4OS2. The standard InChI is InChI=1S/C17H24N4OS2/c1-5-11-6-7-13-12(8-11)9-14(24-13)16-18-19-17(21(16)4)23-10-15(22)20(2)3/h9,11H,5-8,10H2,1-4H3. The van der Waals surface area contributed by atoms with Crippen molar-refractivity contribution < 1.29 is 4.79 Å². The Kier molecular flexibility index (Phi) is 5.30. The summed E-state index contributed by atoms with van der Waals surface area (Å²) in [6, 6.07) is 2.30. The molecule has 3 rings (SSSR count). The van der Waals surface area contributed by atoms with Gasteiger partial charge in [0.2, 0.25) is 5.91 Å². The van der Waals surface area contributed by atoms with E-state index in [1.165, 1.54) is 52.8 Å². The SMILES string of the molecule is CCC1CCc2sc(-c3nnc(SCC(=O)N(C)C)n3C)cc2C1. The van der Waals surface area contributed by atoms with Crippen LogP contribution in [0, 0.1) is 5.92 Å². The molecule has 0 aromatic carbocycles. The summed E-state index contributed by atoms with van der Waals surface area (Å²) in [6.45, 7) is 2.28. The number of thioether (sulfide) groups is 1. The van der Waals surface area contributed by atoms with Crippen LogP contribution in [0.25, 0.3) is 10.7 Å². The van der Waals surface area contributed by atoms with Crippen LogP contribution in [0.4, 0.5) is 0 Å². The Hall–Kier alpha value is -1.34. The molecule has 2 heterocycles.